The third-order valence-corrected chi connectivity index (χ3v) is 5.83. The van der Waals surface area contributed by atoms with Crippen molar-refractivity contribution < 1.29 is 9.59 Å². The van der Waals surface area contributed by atoms with Crippen molar-refractivity contribution in [2.24, 2.45) is 0 Å². The van der Waals surface area contributed by atoms with Gasteiger partial charge in [0.05, 0.1) is 21.2 Å². The molecule has 1 N–H and O–H groups in total. The molecular weight excluding hydrogens is 456 g/mol. The predicted molar refractivity (Wildman–Crippen MR) is 118 cm³/mol. The largest absolute Gasteiger partial charge is 0.351 e. The summed E-state index contributed by atoms with van der Waals surface area (Å²) in [6.07, 6.45) is 0. The minimum Gasteiger partial charge on any atom is -0.351 e. The van der Waals surface area contributed by atoms with Crippen LogP contribution in [0.5, 0.6) is 0 Å². The lowest BCUT2D eigenvalue weighted by molar-refractivity contribution is 0.0638. The number of benzene rings is 2. The van der Waals surface area contributed by atoms with E-state index in [1.165, 1.54) is 0 Å². The topological polar surface area (TPSA) is 52.7 Å². The zero-order valence-electron chi connectivity index (χ0n) is 15.4. The predicted octanol–water partition coefficient (Wildman–Crippen LogP) is 4.49. The van der Waals surface area contributed by atoms with Crippen LogP contribution in [0.25, 0.3) is 0 Å². The molecule has 0 aliphatic carbocycles. The summed E-state index contributed by atoms with van der Waals surface area (Å²) in [7, 11) is 0. The maximum absolute atomic E-state index is 12.7. The fourth-order valence-electron chi connectivity index (χ4n) is 3.10. The summed E-state index contributed by atoms with van der Waals surface area (Å²) in [5.41, 5.74) is 0.770. The zero-order valence-corrected chi connectivity index (χ0v) is 18.5. The second kappa shape index (κ2) is 10.0. The normalized spacial score (nSPS) is 14.7. The SMILES string of the molecule is O=C(NCCN1CCN(C(=O)c2cc(Cl)ccc2Cl)CC1)c1cc(Cl)ccc1Cl. The van der Waals surface area contributed by atoms with Gasteiger partial charge in [-0.25, -0.2) is 0 Å². The maximum Gasteiger partial charge on any atom is 0.255 e. The Morgan fingerprint density at radius 1 is 0.828 bits per heavy atom. The van der Waals surface area contributed by atoms with Gasteiger partial charge in [0.25, 0.3) is 11.8 Å². The number of hydrogen-bond acceptors (Lipinski definition) is 3. The molecule has 9 heteroatoms. The molecule has 1 saturated heterocycles. The zero-order chi connectivity index (χ0) is 21.0. The van der Waals surface area contributed by atoms with E-state index in [0.29, 0.717) is 70.5 Å². The highest BCUT2D eigenvalue weighted by atomic mass is 35.5. The number of halogens is 4. The van der Waals surface area contributed by atoms with Crippen LogP contribution in [0.2, 0.25) is 20.1 Å². The quantitative estimate of drug-likeness (QED) is 0.694. The first-order valence-electron chi connectivity index (χ1n) is 9.05. The summed E-state index contributed by atoms with van der Waals surface area (Å²) >= 11 is 24.1. The fourth-order valence-corrected chi connectivity index (χ4v) is 3.85. The van der Waals surface area contributed by atoms with Crippen LogP contribution in [0, 0.1) is 0 Å². The first kappa shape index (κ1) is 22.2. The molecule has 0 radical (unpaired) electrons. The molecule has 1 aliphatic heterocycles. The number of carbonyl (C=O) groups excluding carboxylic acids is 2. The van der Waals surface area contributed by atoms with Gasteiger partial charge in [-0.3, -0.25) is 14.5 Å². The highest BCUT2D eigenvalue weighted by Gasteiger charge is 2.23. The van der Waals surface area contributed by atoms with Gasteiger partial charge < -0.3 is 10.2 Å². The molecule has 2 aromatic rings. The monoisotopic (exact) mass is 473 g/mol. The standard InChI is InChI=1S/C20H19Cl4N3O2/c21-13-1-3-17(23)15(11-13)19(28)25-5-6-26-7-9-27(10-8-26)20(29)16-12-14(22)2-4-18(16)24/h1-4,11-12H,5-10H2,(H,25,28). The van der Waals surface area contributed by atoms with E-state index in [0.717, 1.165) is 0 Å². The lowest BCUT2D eigenvalue weighted by Gasteiger charge is -2.35. The third kappa shape index (κ3) is 5.77. The van der Waals surface area contributed by atoms with Crippen LogP contribution in [0.4, 0.5) is 0 Å². The number of carbonyl (C=O) groups is 2. The molecule has 1 heterocycles. The van der Waals surface area contributed by atoms with E-state index in [2.05, 4.69) is 10.2 Å². The number of nitrogens with one attached hydrogen (secondary N) is 1. The van der Waals surface area contributed by atoms with Gasteiger partial charge in [-0.1, -0.05) is 46.4 Å². The molecule has 0 aromatic heterocycles. The molecule has 0 unspecified atom stereocenters. The molecular formula is C20H19Cl4N3O2. The van der Waals surface area contributed by atoms with Crippen molar-refractivity contribution in [1.29, 1.82) is 0 Å². The van der Waals surface area contributed by atoms with Crippen LogP contribution in [-0.4, -0.2) is 60.9 Å². The third-order valence-electron chi connectivity index (χ3n) is 4.70. The van der Waals surface area contributed by atoms with Crippen molar-refractivity contribution in [3.05, 3.63) is 67.6 Å². The minimum atomic E-state index is -0.262. The molecule has 154 valence electrons. The van der Waals surface area contributed by atoms with Crippen molar-refractivity contribution in [2.45, 2.75) is 0 Å². The Bertz CT molecular complexity index is 912. The second-order valence-corrected chi connectivity index (χ2v) is 8.33. The van der Waals surface area contributed by atoms with Crippen molar-refractivity contribution in [1.82, 2.24) is 15.1 Å². The smallest absolute Gasteiger partial charge is 0.255 e. The molecule has 0 atom stereocenters. The first-order chi connectivity index (χ1) is 13.8. The Labute approximate surface area is 189 Å². The Balaban J connectivity index is 1.46. The van der Waals surface area contributed by atoms with Gasteiger partial charge in [-0.15, -0.1) is 0 Å². The molecule has 5 nitrogen and oxygen atoms in total. The number of hydrogen-bond donors (Lipinski definition) is 1. The van der Waals surface area contributed by atoms with Crippen molar-refractivity contribution in [2.75, 3.05) is 39.3 Å². The van der Waals surface area contributed by atoms with Gasteiger partial charge in [0.15, 0.2) is 0 Å². The molecule has 2 amide bonds. The highest BCUT2D eigenvalue weighted by molar-refractivity contribution is 6.36. The van der Waals surface area contributed by atoms with Crippen molar-refractivity contribution >= 4 is 58.2 Å². The molecule has 1 aliphatic rings. The van der Waals surface area contributed by atoms with Crippen LogP contribution in [0.15, 0.2) is 36.4 Å². The maximum atomic E-state index is 12.7. The summed E-state index contributed by atoms with van der Waals surface area (Å²) in [5, 5.41) is 4.54. The number of piperazine rings is 1. The summed E-state index contributed by atoms with van der Waals surface area (Å²) in [6, 6.07) is 9.66. The number of amides is 2. The van der Waals surface area contributed by atoms with Crippen molar-refractivity contribution in [3.63, 3.8) is 0 Å². The summed E-state index contributed by atoms with van der Waals surface area (Å²) in [4.78, 5) is 28.9. The fraction of sp³-hybridized carbons (Fsp3) is 0.300. The van der Waals surface area contributed by atoms with Gasteiger partial charge in [0.2, 0.25) is 0 Å². The molecule has 1 fully saturated rings. The van der Waals surface area contributed by atoms with Crippen LogP contribution < -0.4 is 5.32 Å². The lowest BCUT2D eigenvalue weighted by Crippen LogP contribution is -2.50. The molecule has 0 spiro atoms. The molecule has 0 bridgehead atoms. The Kier molecular flexibility index (Phi) is 7.66. The minimum absolute atomic E-state index is 0.124. The summed E-state index contributed by atoms with van der Waals surface area (Å²) < 4.78 is 0. The molecule has 29 heavy (non-hydrogen) atoms. The van der Waals surface area contributed by atoms with Gasteiger partial charge in [-0.2, -0.15) is 0 Å². The van der Waals surface area contributed by atoms with E-state index < -0.39 is 0 Å². The van der Waals surface area contributed by atoms with E-state index in [1.54, 1.807) is 41.3 Å². The average Bonchev–Trinajstić information content (AvgIpc) is 2.71. The van der Waals surface area contributed by atoms with Gasteiger partial charge >= 0.3 is 0 Å². The van der Waals surface area contributed by atoms with Crippen LogP contribution in [0.1, 0.15) is 20.7 Å². The molecule has 2 aromatic carbocycles. The summed E-state index contributed by atoms with van der Waals surface area (Å²) in [5.74, 6) is -0.386. The number of nitrogens with zero attached hydrogens (tertiary/aromatic N) is 2. The van der Waals surface area contributed by atoms with E-state index in [1.807, 2.05) is 0 Å². The Morgan fingerprint density at radius 2 is 1.38 bits per heavy atom. The summed E-state index contributed by atoms with van der Waals surface area (Å²) in [6.45, 7) is 3.71. The Hall–Kier alpha value is -1.50. The van der Waals surface area contributed by atoms with Crippen LogP contribution in [0.3, 0.4) is 0 Å². The van der Waals surface area contributed by atoms with E-state index in [9.17, 15) is 9.59 Å². The molecule has 3 rings (SSSR count). The average molecular weight is 475 g/mol. The second-order valence-electron chi connectivity index (χ2n) is 6.64. The lowest BCUT2D eigenvalue weighted by atomic mass is 10.1. The van der Waals surface area contributed by atoms with Gasteiger partial charge in [-0.05, 0) is 36.4 Å². The van der Waals surface area contributed by atoms with Gasteiger partial charge in [0.1, 0.15) is 0 Å². The highest BCUT2D eigenvalue weighted by Crippen LogP contribution is 2.23. The Morgan fingerprint density at radius 3 is 2.00 bits per heavy atom. The number of rotatable bonds is 5. The van der Waals surface area contributed by atoms with Crippen LogP contribution in [-0.2, 0) is 0 Å². The van der Waals surface area contributed by atoms with E-state index >= 15 is 0 Å². The first-order valence-corrected chi connectivity index (χ1v) is 10.6. The molecule has 0 saturated carbocycles. The van der Waals surface area contributed by atoms with Gasteiger partial charge in [0, 0.05) is 49.3 Å². The van der Waals surface area contributed by atoms with E-state index in [4.69, 9.17) is 46.4 Å². The van der Waals surface area contributed by atoms with Crippen LogP contribution >= 0.6 is 46.4 Å². The van der Waals surface area contributed by atoms with Crippen molar-refractivity contribution in [3.8, 4) is 0 Å². The van der Waals surface area contributed by atoms with E-state index in [-0.39, 0.29) is 11.8 Å².